The number of aromatic hydroxyl groups is 1. The summed E-state index contributed by atoms with van der Waals surface area (Å²) in [6.07, 6.45) is -5.08. The van der Waals surface area contributed by atoms with Gasteiger partial charge in [0, 0.05) is 33.9 Å². The lowest BCUT2D eigenvalue weighted by Gasteiger charge is -2.28. The van der Waals surface area contributed by atoms with Gasteiger partial charge in [-0.25, -0.2) is 9.52 Å². The minimum absolute atomic E-state index is 0.0188. The molecule has 2 aromatic carbocycles. The number of phenolic OH excluding ortho intramolecular Hbond substituents is 1. The summed E-state index contributed by atoms with van der Waals surface area (Å²) in [7, 11) is 3.02. The number of hydrogen-bond acceptors (Lipinski definition) is 8. The number of carbonyl (C=O) groups excluding carboxylic acids is 1. The van der Waals surface area contributed by atoms with Gasteiger partial charge in [0.05, 0.1) is 17.3 Å². The molecule has 0 aliphatic carbocycles. The van der Waals surface area contributed by atoms with Crippen LogP contribution in [0.2, 0.25) is 0 Å². The molecular weight excluding hydrogens is 581 g/mol. The van der Waals surface area contributed by atoms with Gasteiger partial charge in [-0.15, -0.1) is 4.40 Å². The van der Waals surface area contributed by atoms with Crippen molar-refractivity contribution in [2.75, 3.05) is 38.4 Å². The molecule has 1 aliphatic rings. The molecule has 0 radical (unpaired) electrons. The van der Waals surface area contributed by atoms with Crippen molar-refractivity contribution in [1.82, 2.24) is 9.62 Å². The van der Waals surface area contributed by atoms with Crippen LogP contribution in [0.15, 0.2) is 51.9 Å². The summed E-state index contributed by atoms with van der Waals surface area (Å²) in [5.74, 6) is -3.52. The van der Waals surface area contributed by atoms with Crippen LogP contribution in [-0.2, 0) is 15.0 Å². The van der Waals surface area contributed by atoms with Gasteiger partial charge < -0.3 is 25.3 Å². The smallest absolute Gasteiger partial charge is 0.490 e. The second kappa shape index (κ2) is 12.7. The molecule has 0 spiro atoms. The fourth-order valence-electron chi connectivity index (χ4n) is 3.56. The largest absolute Gasteiger partial charge is 0.505 e. The van der Waals surface area contributed by atoms with Crippen molar-refractivity contribution in [3.8, 4) is 5.75 Å². The van der Waals surface area contributed by atoms with E-state index < -0.39 is 34.3 Å². The van der Waals surface area contributed by atoms with Gasteiger partial charge in [-0.1, -0.05) is 39.0 Å². The molecule has 3 rings (SSSR count). The Kier molecular flexibility index (Phi) is 10.2. The molecule has 2 aromatic rings. The van der Waals surface area contributed by atoms with Crippen LogP contribution in [0, 0.1) is 5.41 Å². The normalized spacial score (nSPS) is 16.0. The monoisotopic (exact) mass is 614 g/mol. The lowest BCUT2D eigenvalue weighted by molar-refractivity contribution is -0.192. The maximum Gasteiger partial charge on any atom is 0.490 e. The minimum atomic E-state index is -5.08. The van der Waals surface area contributed by atoms with Gasteiger partial charge in [-0.2, -0.15) is 21.6 Å². The molecule has 42 heavy (non-hydrogen) atoms. The van der Waals surface area contributed by atoms with E-state index >= 15 is 0 Å². The summed E-state index contributed by atoms with van der Waals surface area (Å²) in [4.78, 5) is 29.3. The molecule has 0 saturated carbocycles. The Hall–Kier alpha value is -4.34. The summed E-state index contributed by atoms with van der Waals surface area (Å²) in [5, 5.41) is 20.6. The first-order chi connectivity index (χ1) is 19.1. The molecule has 4 N–H and O–H groups in total. The third kappa shape index (κ3) is 8.83. The molecule has 1 amide bonds. The Bertz CT molecular complexity index is 1480. The Morgan fingerprint density at radius 1 is 1.02 bits per heavy atom. The summed E-state index contributed by atoms with van der Waals surface area (Å²) >= 11 is 0. The van der Waals surface area contributed by atoms with Crippen LogP contribution in [-0.4, -0.2) is 81.4 Å². The van der Waals surface area contributed by atoms with Crippen LogP contribution in [0.1, 0.15) is 42.7 Å². The number of phenols is 1. The number of carboxylic acid groups (broad SMARTS) is 1. The van der Waals surface area contributed by atoms with E-state index in [2.05, 4.69) is 14.4 Å². The minimum Gasteiger partial charge on any atom is -0.505 e. The van der Waals surface area contributed by atoms with Crippen LogP contribution in [0.25, 0.3) is 0 Å². The molecule has 1 atom stereocenters. The number of halogens is 3. The third-order valence-corrected chi connectivity index (χ3v) is 6.51. The molecular formula is C26H33F3N6O6S. The predicted octanol–water partition coefficient (Wildman–Crippen LogP) is 3.64. The van der Waals surface area contributed by atoms with E-state index in [-0.39, 0.29) is 34.1 Å². The van der Waals surface area contributed by atoms with E-state index in [1.807, 2.05) is 64.0 Å². The first-order valence-electron chi connectivity index (χ1n) is 12.2. The lowest BCUT2D eigenvalue weighted by Crippen LogP contribution is -2.32. The number of aliphatic imine (C=N–C) groups is 1. The average Bonchev–Trinajstić information content (AvgIpc) is 3.15. The summed E-state index contributed by atoms with van der Waals surface area (Å²) < 4.78 is 62.5. The number of para-hydroxylation sites is 1. The SMILES string of the molecule is CN(C)C(=O)c1cccc(NC2=NS(=O)(=O)NC2=NC(c2ccc(N(C)C)cc2)C(C)(C)C)c1O.O=C(O)C(F)(F)F. The second-order valence-corrected chi connectivity index (χ2v) is 11.9. The number of carbonyl (C=O) groups is 2. The fraction of sp³-hybridized carbons (Fsp3) is 0.385. The standard InChI is InChI=1S/C24H32N6O4S.C2HF3O2/c1-24(2,3)20(15-11-13-16(14-12-15)29(4)5)26-22-21(27-35(33,34)28-22)25-18-10-8-9-17(19(18)31)23(32)30(6)7;3-2(4,5)1(6)7/h8-14,20,31H,1-7H3,(H,25,27)(H,26,28);(H,6,7). The number of hydrogen-bond donors (Lipinski definition) is 4. The number of amidine groups is 2. The molecule has 0 saturated heterocycles. The van der Waals surface area contributed by atoms with Crippen molar-refractivity contribution < 1.29 is 41.4 Å². The Labute approximate surface area is 241 Å². The van der Waals surface area contributed by atoms with E-state index in [1.165, 1.54) is 17.0 Å². The lowest BCUT2D eigenvalue weighted by atomic mass is 9.82. The van der Waals surface area contributed by atoms with Gasteiger partial charge in [-0.05, 0) is 35.2 Å². The van der Waals surface area contributed by atoms with E-state index in [0.717, 1.165) is 11.3 Å². The van der Waals surface area contributed by atoms with E-state index in [1.54, 1.807) is 20.2 Å². The summed E-state index contributed by atoms with van der Waals surface area (Å²) in [6, 6.07) is 12.1. The number of benzene rings is 2. The molecule has 16 heteroatoms. The molecule has 0 aromatic heterocycles. The highest BCUT2D eigenvalue weighted by molar-refractivity contribution is 7.89. The van der Waals surface area contributed by atoms with Crippen molar-refractivity contribution in [1.29, 1.82) is 0 Å². The Balaban J connectivity index is 0.000000782. The topological polar surface area (TPSA) is 164 Å². The van der Waals surface area contributed by atoms with E-state index in [0.29, 0.717) is 0 Å². The number of nitrogens with one attached hydrogen (secondary N) is 2. The quantitative estimate of drug-likeness (QED) is 0.371. The second-order valence-electron chi connectivity index (χ2n) is 10.6. The van der Waals surface area contributed by atoms with Gasteiger partial charge in [0.15, 0.2) is 17.4 Å². The summed E-state index contributed by atoms with van der Waals surface area (Å²) in [5.41, 5.74) is 1.78. The van der Waals surface area contributed by atoms with E-state index in [9.17, 15) is 31.5 Å². The number of nitrogens with zero attached hydrogens (tertiary/aromatic N) is 4. The maximum atomic E-state index is 12.4. The zero-order chi connectivity index (χ0) is 32.2. The predicted molar refractivity (Wildman–Crippen MR) is 153 cm³/mol. The van der Waals surface area contributed by atoms with Crippen LogP contribution in [0.4, 0.5) is 24.5 Å². The van der Waals surface area contributed by atoms with Crippen molar-refractivity contribution in [3.63, 3.8) is 0 Å². The highest BCUT2D eigenvalue weighted by atomic mass is 32.2. The number of alkyl halides is 3. The number of aliphatic carboxylic acids is 1. The zero-order valence-electron chi connectivity index (χ0n) is 24.0. The van der Waals surface area contributed by atoms with E-state index in [4.69, 9.17) is 14.9 Å². The molecule has 12 nitrogen and oxygen atoms in total. The van der Waals surface area contributed by atoms with Crippen molar-refractivity contribution in [3.05, 3.63) is 53.6 Å². The molecule has 1 aliphatic heterocycles. The van der Waals surface area contributed by atoms with Crippen LogP contribution < -0.4 is 14.9 Å². The van der Waals surface area contributed by atoms with Gasteiger partial charge >= 0.3 is 22.4 Å². The zero-order valence-corrected chi connectivity index (χ0v) is 24.8. The van der Waals surface area contributed by atoms with Crippen molar-refractivity contribution in [2.45, 2.75) is 33.0 Å². The number of anilines is 2. The maximum absolute atomic E-state index is 12.4. The fourth-order valence-corrected chi connectivity index (χ4v) is 4.38. The molecule has 0 fully saturated rings. The van der Waals surface area contributed by atoms with Crippen LogP contribution in [0.5, 0.6) is 5.75 Å². The first kappa shape index (κ1) is 33.9. The molecule has 230 valence electrons. The van der Waals surface area contributed by atoms with Crippen LogP contribution in [0.3, 0.4) is 0 Å². The van der Waals surface area contributed by atoms with Crippen molar-refractivity contribution >= 4 is 45.1 Å². The van der Waals surface area contributed by atoms with Gasteiger partial charge in [0.2, 0.25) is 0 Å². The summed E-state index contributed by atoms with van der Waals surface area (Å²) in [6.45, 7) is 6.03. The average molecular weight is 615 g/mol. The Morgan fingerprint density at radius 2 is 1.57 bits per heavy atom. The van der Waals surface area contributed by atoms with Gasteiger partial charge in [0.25, 0.3) is 5.91 Å². The van der Waals surface area contributed by atoms with Crippen molar-refractivity contribution in [2.24, 2.45) is 14.8 Å². The highest BCUT2D eigenvalue weighted by Gasteiger charge is 2.38. The molecule has 1 unspecified atom stereocenters. The van der Waals surface area contributed by atoms with Gasteiger partial charge in [0.1, 0.15) is 0 Å². The van der Waals surface area contributed by atoms with Gasteiger partial charge in [-0.3, -0.25) is 9.79 Å². The highest BCUT2D eigenvalue weighted by Crippen LogP contribution is 2.37. The van der Waals surface area contributed by atoms with Crippen LogP contribution >= 0.6 is 0 Å². The Morgan fingerprint density at radius 3 is 2.02 bits per heavy atom. The first-order valence-corrected chi connectivity index (χ1v) is 13.7. The number of amides is 1. The number of carboxylic acids is 1. The third-order valence-electron chi connectivity index (χ3n) is 5.63. The molecule has 0 bridgehead atoms. The number of rotatable bonds is 5. The molecule has 1 heterocycles.